The lowest BCUT2D eigenvalue weighted by atomic mass is 10.2. The molecular formula is C14H20N4O. The second-order valence-corrected chi connectivity index (χ2v) is 4.41. The monoisotopic (exact) mass is 260 g/mol. The Morgan fingerprint density at radius 3 is 2.74 bits per heavy atom. The van der Waals surface area contributed by atoms with Gasteiger partial charge >= 0.3 is 0 Å². The summed E-state index contributed by atoms with van der Waals surface area (Å²) in [5, 5.41) is 3.92. The van der Waals surface area contributed by atoms with E-state index >= 15 is 0 Å². The zero-order chi connectivity index (χ0) is 13.7. The quantitative estimate of drug-likeness (QED) is 0.794. The Hall–Kier alpha value is -1.72. The number of nitrogens with one attached hydrogen (secondary N) is 1. The van der Waals surface area contributed by atoms with Crippen LogP contribution in [-0.4, -0.2) is 34.2 Å². The lowest BCUT2D eigenvalue weighted by Crippen LogP contribution is -2.37. The van der Waals surface area contributed by atoms with Gasteiger partial charge < -0.3 is 0 Å². The SMILES string of the molecule is CCN(CC)CNCn1cnc2ccccc2c1=O. The van der Waals surface area contributed by atoms with E-state index in [9.17, 15) is 4.79 Å². The Morgan fingerprint density at radius 2 is 2.00 bits per heavy atom. The van der Waals surface area contributed by atoms with E-state index in [4.69, 9.17) is 0 Å². The molecule has 102 valence electrons. The lowest BCUT2D eigenvalue weighted by Gasteiger charge is -2.18. The molecule has 0 bridgehead atoms. The molecule has 0 radical (unpaired) electrons. The van der Waals surface area contributed by atoms with Crippen LogP contribution in [-0.2, 0) is 6.67 Å². The van der Waals surface area contributed by atoms with Gasteiger partial charge in [-0.05, 0) is 25.2 Å². The first kappa shape index (κ1) is 13.7. The summed E-state index contributed by atoms with van der Waals surface area (Å²) >= 11 is 0. The van der Waals surface area contributed by atoms with Gasteiger partial charge in [0.15, 0.2) is 0 Å². The van der Waals surface area contributed by atoms with Crippen LogP contribution < -0.4 is 10.9 Å². The van der Waals surface area contributed by atoms with Crippen LogP contribution in [0.1, 0.15) is 13.8 Å². The second kappa shape index (κ2) is 6.45. The fourth-order valence-corrected chi connectivity index (χ4v) is 1.99. The normalized spacial score (nSPS) is 11.3. The Kier molecular flexibility index (Phi) is 4.65. The molecule has 0 atom stereocenters. The molecule has 0 unspecified atom stereocenters. The van der Waals surface area contributed by atoms with Crippen molar-refractivity contribution >= 4 is 10.9 Å². The van der Waals surface area contributed by atoms with Crippen LogP contribution in [0.15, 0.2) is 35.4 Å². The fraction of sp³-hybridized carbons (Fsp3) is 0.429. The van der Waals surface area contributed by atoms with Crippen molar-refractivity contribution in [3.8, 4) is 0 Å². The van der Waals surface area contributed by atoms with Crippen molar-refractivity contribution in [3.05, 3.63) is 40.9 Å². The molecule has 2 rings (SSSR count). The number of benzene rings is 1. The number of hydrogen-bond acceptors (Lipinski definition) is 4. The van der Waals surface area contributed by atoms with Gasteiger partial charge in [-0.1, -0.05) is 26.0 Å². The number of rotatable bonds is 6. The Bertz CT molecular complexity index is 589. The second-order valence-electron chi connectivity index (χ2n) is 4.41. The molecule has 1 N–H and O–H groups in total. The van der Waals surface area contributed by atoms with Crippen LogP contribution in [0.3, 0.4) is 0 Å². The van der Waals surface area contributed by atoms with E-state index < -0.39 is 0 Å². The van der Waals surface area contributed by atoms with Crippen molar-refractivity contribution in [1.29, 1.82) is 0 Å². The molecule has 5 heteroatoms. The summed E-state index contributed by atoms with van der Waals surface area (Å²) < 4.78 is 1.60. The van der Waals surface area contributed by atoms with Crippen molar-refractivity contribution in [2.45, 2.75) is 20.5 Å². The van der Waals surface area contributed by atoms with E-state index in [-0.39, 0.29) is 5.56 Å². The topological polar surface area (TPSA) is 50.2 Å². The minimum Gasteiger partial charge on any atom is -0.291 e. The largest absolute Gasteiger partial charge is 0.291 e. The molecule has 0 fully saturated rings. The molecule has 0 aliphatic heterocycles. The van der Waals surface area contributed by atoms with Crippen molar-refractivity contribution < 1.29 is 0 Å². The Morgan fingerprint density at radius 1 is 1.26 bits per heavy atom. The molecule has 0 spiro atoms. The summed E-state index contributed by atoms with van der Waals surface area (Å²) in [5.41, 5.74) is 0.741. The summed E-state index contributed by atoms with van der Waals surface area (Å²) in [6.45, 7) is 7.48. The molecule has 5 nitrogen and oxygen atoms in total. The van der Waals surface area contributed by atoms with Crippen molar-refractivity contribution in [3.63, 3.8) is 0 Å². The average molecular weight is 260 g/mol. The van der Waals surface area contributed by atoms with E-state index in [1.54, 1.807) is 10.9 Å². The predicted octanol–water partition coefficient (Wildman–Crippen LogP) is 1.24. The number of hydrogen-bond donors (Lipinski definition) is 1. The highest BCUT2D eigenvalue weighted by molar-refractivity contribution is 5.76. The number of fused-ring (bicyclic) bond motifs is 1. The Balaban J connectivity index is 2.09. The first-order valence-corrected chi connectivity index (χ1v) is 6.63. The van der Waals surface area contributed by atoms with Gasteiger partial charge in [0.1, 0.15) is 0 Å². The first-order valence-electron chi connectivity index (χ1n) is 6.63. The zero-order valence-electron chi connectivity index (χ0n) is 11.5. The maximum absolute atomic E-state index is 12.2. The van der Waals surface area contributed by atoms with Gasteiger partial charge in [-0.3, -0.25) is 19.6 Å². The summed E-state index contributed by atoms with van der Waals surface area (Å²) in [6.07, 6.45) is 1.60. The van der Waals surface area contributed by atoms with Crippen LogP contribution in [0.5, 0.6) is 0 Å². The van der Waals surface area contributed by atoms with Crippen LogP contribution >= 0.6 is 0 Å². The van der Waals surface area contributed by atoms with E-state index in [0.717, 1.165) is 25.3 Å². The van der Waals surface area contributed by atoms with E-state index in [1.807, 2.05) is 24.3 Å². The number of para-hydroxylation sites is 1. The molecule has 0 amide bonds. The highest BCUT2D eigenvalue weighted by atomic mass is 16.1. The third kappa shape index (κ3) is 3.19. The maximum Gasteiger partial charge on any atom is 0.262 e. The lowest BCUT2D eigenvalue weighted by molar-refractivity contribution is 0.267. The van der Waals surface area contributed by atoms with Crippen LogP contribution in [0.2, 0.25) is 0 Å². The van der Waals surface area contributed by atoms with Crippen LogP contribution in [0, 0.1) is 0 Å². The minimum atomic E-state index is -0.00218. The fourth-order valence-electron chi connectivity index (χ4n) is 1.99. The van der Waals surface area contributed by atoms with Crippen LogP contribution in [0.4, 0.5) is 0 Å². The maximum atomic E-state index is 12.2. The third-order valence-corrected chi connectivity index (χ3v) is 3.24. The van der Waals surface area contributed by atoms with E-state index in [1.165, 1.54) is 0 Å². The van der Waals surface area contributed by atoms with Crippen LogP contribution in [0.25, 0.3) is 10.9 Å². The molecular weight excluding hydrogens is 240 g/mol. The molecule has 0 aliphatic rings. The highest BCUT2D eigenvalue weighted by Gasteiger charge is 2.03. The summed E-state index contributed by atoms with van der Waals surface area (Å²) in [4.78, 5) is 18.8. The summed E-state index contributed by atoms with van der Waals surface area (Å²) in [6, 6.07) is 7.41. The van der Waals surface area contributed by atoms with Gasteiger partial charge in [-0.25, -0.2) is 4.98 Å². The molecule has 2 aromatic rings. The highest BCUT2D eigenvalue weighted by Crippen LogP contribution is 2.04. The van der Waals surface area contributed by atoms with E-state index in [2.05, 4.69) is 29.0 Å². The summed E-state index contributed by atoms with van der Waals surface area (Å²) in [7, 11) is 0. The van der Waals surface area contributed by atoms with Crippen molar-refractivity contribution in [2.24, 2.45) is 0 Å². The molecule has 1 aromatic heterocycles. The van der Waals surface area contributed by atoms with Crippen molar-refractivity contribution in [2.75, 3.05) is 19.8 Å². The third-order valence-electron chi connectivity index (χ3n) is 3.24. The smallest absolute Gasteiger partial charge is 0.262 e. The minimum absolute atomic E-state index is 0.00218. The average Bonchev–Trinajstić information content (AvgIpc) is 2.46. The zero-order valence-corrected chi connectivity index (χ0v) is 11.5. The van der Waals surface area contributed by atoms with Gasteiger partial charge in [0, 0.05) is 6.67 Å². The standard InChI is InChI=1S/C14H20N4O/c1-3-17(4-2)9-15-10-18-11-16-13-8-6-5-7-12(13)14(18)19/h5-8,11,15H,3-4,9-10H2,1-2H3. The van der Waals surface area contributed by atoms with Gasteiger partial charge in [0.25, 0.3) is 5.56 Å². The molecule has 0 saturated carbocycles. The van der Waals surface area contributed by atoms with Gasteiger partial charge in [0.05, 0.1) is 23.9 Å². The van der Waals surface area contributed by atoms with Gasteiger partial charge in [-0.15, -0.1) is 0 Å². The molecule has 1 heterocycles. The Labute approximate surface area is 112 Å². The first-order chi connectivity index (χ1) is 9.26. The molecule has 1 aromatic carbocycles. The summed E-state index contributed by atoms with van der Waals surface area (Å²) in [5.74, 6) is 0. The van der Waals surface area contributed by atoms with E-state index in [0.29, 0.717) is 12.1 Å². The van der Waals surface area contributed by atoms with Gasteiger partial charge in [-0.2, -0.15) is 0 Å². The van der Waals surface area contributed by atoms with Crippen molar-refractivity contribution in [1.82, 2.24) is 19.8 Å². The number of nitrogens with zero attached hydrogens (tertiary/aromatic N) is 3. The number of aromatic nitrogens is 2. The molecule has 0 saturated heterocycles. The van der Waals surface area contributed by atoms with Gasteiger partial charge in [0.2, 0.25) is 0 Å². The predicted molar refractivity (Wildman–Crippen MR) is 76.9 cm³/mol. The molecule has 0 aliphatic carbocycles. The molecule has 19 heavy (non-hydrogen) atoms.